The van der Waals surface area contributed by atoms with Crippen molar-refractivity contribution in [3.63, 3.8) is 0 Å². The Hall–Kier alpha value is 1.89. The van der Waals surface area contributed by atoms with Crippen molar-refractivity contribution in [1.82, 2.24) is 0 Å². The zero-order valence-corrected chi connectivity index (χ0v) is 17.2. The molecule has 0 heterocycles. The normalized spacial score (nSPS) is 11.2. The molecule has 0 saturated heterocycles. The van der Waals surface area contributed by atoms with Gasteiger partial charge in [0.2, 0.25) is 0 Å². The second-order valence-electron chi connectivity index (χ2n) is 4.46. The number of hydrogen-bond acceptors (Lipinski definition) is 0. The monoisotopic (exact) mass is 446 g/mol. The molecule has 90 valence electrons. The minimum absolute atomic E-state index is 0. The fourth-order valence-electron chi connectivity index (χ4n) is 1.86. The average molecular weight is 444 g/mol. The fourth-order valence-corrected chi connectivity index (χ4v) is 15.1. The average Bonchev–Trinajstić information content (AvgIpc) is 2.21. The van der Waals surface area contributed by atoms with Gasteiger partial charge in [0.25, 0.3) is 0 Å². The van der Waals surface area contributed by atoms with E-state index in [0.717, 1.165) is 0 Å². The van der Waals surface area contributed by atoms with Crippen LogP contribution >= 0.6 is 8.92 Å². The first-order valence-corrected chi connectivity index (χ1v) is 16.0. The van der Waals surface area contributed by atoms with Crippen LogP contribution in [0.4, 0.5) is 0 Å². The van der Waals surface area contributed by atoms with Crippen LogP contribution in [0, 0.1) is 0 Å². The molecule has 4 radical (unpaired) electrons. The van der Waals surface area contributed by atoms with E-state index >= 15 is 0 Å². The molecule has 0 saturated carbocycles. The summed E-state index contributed by atoms with van der Waals surface area (Å²) in [6, 6.07) is 0. The number of halogens is 1. The van der Waals surface area contributed by atoms with Crippen LogP contribution < -0.4 is 0 Å². The standard InChI is InChI=1S/3C4H9.ClH.2Sn/c3*1-3-4-2;;;/h3*1,3-4H2,2H3;1H;;/q;;;;;+1/p-1. The molecule has 0 atom stereocenters. The van der Waals surface area contributed by atoms with E-state index in [9.17, 15) is 0 Å². The summed E-state index contributed by atoms with van der Waals surface area (Å²) in [7, 11) is 6.89. The Bertz CT molecular complexity index is 107. The van der Waals surface area contributed by atoms with Gasteiger partial charge in [-0.3, -0.25) is 0 Å². The van der Waals surface area contributed by atoms with Crippen molar-refractivity contribution in [3.8, 4) is 0 Å². The molecule has 0 aliphatic rings. The minimum atomic E-state index is -2.09. The molecule has 0 unspecified atom stereocenters. The van der Waals surface area contributed by atoms with Crippen LogP contribution in [0.5, 0.6) is 0 Å². The van der Waals surface area contributed by atoms with Gasteiger partial charge in [-0.25, -0.2) is 0 Å². The third kappa shape index (κ3) is 10.7. The van der Waals surface area contributed by atoms with Gasteiger partial charge in [-0.05, 0) is 0 Å². The summed E-state index contributed by atoms with van der Waals surface area (Å²) in [5.41, 5.74) is 0. The molecular formula is C12H27ClSn2. The Morgan fingerprint density at radius 3 is 1.20 bits per heavy atom. The Labute approximate surface area is 121 Å². The van der Waals surface area contributed by atoms with Gasteiger partial charge in [-0.2, -0.15) is 0 Å². The largest absolute Gasteiger partial charge is 0 e. The quantitative estimate of drug-likeness (QED) is 0.430. The van der Waals surface area contributed by atoms with Crippen molar-refractivity contribution in [2.75, 3.05) is 0 Å². The zero-order chi connectivity index (χ0) is 10.9. The maximum absolute atomic E-state index is 6.89. The molecule has 0 aliphatic carbocycles. The fraction of sp³-hybridized carbons (Fsp3) is 1.00. The van der Waals surface area contributed by atoms with Gasteiger partial charge in [0, 0.05) is 23.9 Å². The van der Waals surface area contributed by atoms with E-state index in [1.165, 1.54) is 51.8 Å². The summed E-state index contributed by atoms with van der Waals surface area (Å²) < 4.78 is 4.27. The SMILES string of the molecule is CCC[CH2][Sn]([Cl])([CH2]CCC)[CH2]CCC.[Sn]. The van der Waals surface area contributed by atoms with Gasteiger partial charge in [-0.1, -0.05) is 0 Å². The molecule has 15 heavy (non-hydrogen) atoms. The molecule has 0 bridgehead atoms. The van der Waals surface area contributed by atoms with Crippen molar-refractivity contribution in [3.05, 3.63) is 0 Å². The molecule has 0 aliphatic heterocycles. The first-order valence-electron chi connectivity index (χ1n) is 6.37. The van der Waals surface area contributed by atoms with Crippen LogP contribution in [0.3, 0.4) is 0 Å². The smallest absolute Gasteiger partial charge is 0 e. The van der Waals surface area contributed by atoms with Gasteiger partial charge in [-0.15, -0.1) is 0 Å². The summed E-state index contributed by atoms with van der Waals surface area (Å²) in [4.78, 5) is 0. The third-order valence-corrected chi connectivity index (χ3v) is 17.4. The molecule has 3 heteroatoms. The van der Waals surface area contributed by atoms with E-state index in [2.05, 4.69) is 20.8 Å². The first-order chi connectivity index (χ1) is 6.68. The second kappa shape index (κ2) is 12.3. The molecule has 0 amide bonds. The van der Waals surface area contributed by atoms with E-state index in [-0.39, 0.29) is 23.9 Å². The molecule has 0 fully saturated rings. The van der Waals surface area contributed by atoms with E-state index < -0.39 is 17.3 Å². The maximum Gasteiger partial charge on any atom is 0 e. The summed E-state index contributed by atoms with van der Waals surface area (Å²) in [5, 5.41) is 0. The molecule has 0 N–H and O–H groups in total. The van der Waals surface area contributed by atoms with Gasteiger partial charge in [0.1, 0.15) is 0 Å². The predicted octanol–water partition coefficient (Wildman–Crippen LogP) is 5.19. The molecule has 0 aromatic heterocycles. The molecule has 0 nitrogen and oxygen atoms in total. The van der Waals surface area contributed by atoms with Crippen LogP contribution in [0.25, 0.3) is 0 Å². The second-order valence-corrected chi connectivity index (χ2v) is 20.7. The Morgan fingerprint density at radius 1 is 0.733 bits per heavy atom. The van der Waals surface area contributed by atoms with Crippen LogP contribution in [0.15, 0.2) is 0 Å². The maximum atomic E-state index is 6.89. The van der Waals surface area contributed by atoms with Crippen molar-refractivity contribution in [2.24, 2.45) is 0 Å². The van der Waals surface area contributed by atoms with E-state index in [1.807, 2.05) is 0 Å². The van der Waals surface area contributed by atoms with Crippen molar-refractivity contribution in [2.45, 2.75) is 72.6 Å². The van der Waals surface area contributed by atoms with E-state index in [1.54, 1.807) is 0 Å². The van der Waals surface area contributed by atoms with Crippen molar-refractivity contribution >= 4 is 50.1 Å². The van der Waals surface area contributed by atoms with E-state index in [0.29, 0.717) is 0 Å². The summed E-state index contributed by atoms with van der Waals surface area (Å²) >= 11 is -2.09. The molecule has 0 spiro atoms. The third-order valence-electron chi connectivity index (χ3n) is 2.94. The van der Waals surface area contributed by atoms with Crippen LogP contribution in [0.2, 0.25) is 13.3 Å². The first kappa shape index (κ1) is 19.2. The van der Waals surface area contributed by atoms with Gasteiger partial charge in [0.05, 0.1) is 0 Å². The zero-order valence-electron chi connectivity index (χ0n) is 10.7. The van der Waals surface area contributed by atoms with E-state index in [4.69, 9.17) is 8.92 Å². The Kier molecular flexibility index (Phi) is 15.8. The summed E-state index contributed by atoms with van der Waals surface area (Å²) in [6.07, 6.45) is 8.12. The predicted molar refractivity (Wildman–Crippen MR) is 76.5 cm³/mol. The molecular weight excluding hydrogens is 417 g/mol. The van der Waals surface area contributed by atoms with Crippen LogP contribution in [0.1, 0.15) is 59.3 Å². The topological polar surface area (TPSA) is 0 Å². The molecule has 0 aromatic rings. The van der Waals surface area contributed by atoms with Gasteiger partial charge >= 0.3 is 98.8 Å². The Balaban J connectivity index is 0. The number of rotatable bonds is 9. The number of hydrogen-bond donors (Lipinski definition) is 0. The molecule has 0 aromatic carbocycles. The Morgan fingerprint density at radius 2 is 1.00 bits per heavy atom. The van der Waals surface area contributed by atoms with Crippen LogP contribution in [-0.4, -0.2) is 41.2 Å². The number of unbranched alkanes of at least 4 members (excludes halogenated alkanes) is 3. The minimum Gasteiger partial charge on any atom is 0 e. The van der Waals surface area contributed by atoms with Crippen molar-refractivity contribution < 1.29 is 0 Å². The summed E-state index contributed by atoms with van der Waals surface area (Å²) in [6.45, 7) is 6.84. The summed E-state index contributed by atoms with van der Waals surface area (Å²) in [5.74, 6) is 0. The van der Waals surface area contributed by atoms with Gasteiger partial charge < -0.3 is 0 Å². The molecule has 0 rings (SSSR count). The van der Waals surface area contributed by atoms with Crippen molar-refractivity contribution in [1.29, 1.82) is 0 Å². The van der Waals surface area contributed by atoms with Gasteiger partial charge in [0.15, 0.2) is 0 Å². The van der Waals surface area contributed by atoms with Crippen LogP contribution in [-0.2, 0) is 0 Å².